The van der Waals surface area contributed by atoms with Crippen LogP contribution in [0.2, 0.25) is 0 Å². The maximum Gasteiger partial charge on any atom is 0.123 e. The quantitative estimate of drug-likeness (QED) is 0.902. The van der Waals surface area contributed by atoms with Crippen molar-refractivity contribution in [1.29, 1.82) is 0 Å². The summed E-state index contributed by atoms with van der Waals surface area (Å²) in [6.45, 7) is 5.27. The predicted molar refractivity (Wildman–Crippen MR) is 71.1 cm³/mol. The molecule has 4 heteroatoms. The van der Waals surface area contributed by atoms with E-state index in [9.17, 15) is 4.39 Å². The molecule has 1 aromatic carbocycles. The molecule has 1 fully saturated rings. The lowest BCUT2D eigenvalue weighted by Gasteiger charge is -2.20. The smallest absolute Gasteiger partial charge is 0.123 e. The van der Waals surface area contributed by atoms with Gasteiger partial charge in [-0.05, 0) is 36.6 Å². The van der Waals surface area contributed by atoms with Crippen molar-refractivity contribution < 1.29 is 4.39 Å². The van der Waals surface area contributed by atoms with E-state index in [2.05, 4.69) is 11.8 Å². The summed E-state index contributed by atoms with van der Waals surface area (Å²) in [5.41, 5.74) is 7.06. The highest BCUT2D eigenvalue weighted by Gasteiger charge is 2.20. The molecule has 1 unspecified atom stereocenters. The molecule has 1 heterocycles. The number of benzene rings is 1. The molecule has 0 radical (unpaired) electrons. The number of likely N-dealkylation sites (tertiary alicyclic amines) is 1. The van der Waals surface area contributed by atoms with E-state index in [0.717, 1.165) is 26.1 Å². The van der Waals surface area contributed by atoms with Crippen molar-refractivity contribution >= 4 is 12.4 Å². The molecule has 0 amide bonds. The van der Waals surface area contributed by atoms with Gasteiger partial charge in [-0.2, -0.15) is 0 Å². The molecule has 0 spiro atoms. The minimum atomic E-state index is -0.167. The Bertz CT molecular complexity index is 342. The van der Waals surface area contributed by atoms with Gasteiger partial charge in [-0.25, -0.2) is 4.39 Å². The molecule has 96 valence electrons. The van der Waals surface area contributed by atoms with Crippen LogP contribution in [0.5, 0.6) is 0 Å². The highest BCUT2D eigenvalue weighted by molar-refractivity contribution is 5.85. The summed E-state index contributed by atoms with van der Waals surface area (Å²) in [7, 11) is 0. The van der Waals surface area contributed by atoms with Gasteiger partial charge in [0.05, 0.1) is 0 Å². The van der Waals surface area contributed by atoms with E-state index >= 15 is 0 Å². The number of nitrogens with zero attached hydrogens (tertiary/aromatic N) is 1. The lowest BCUT2D eigenvalue weighted by atomic mass is 10.0. The summed E-state index contributed by atoms with van der Waals surface area (Å²) in [5.74, 6) is 0.269. The number of halogens is 2. The first-order valence-corrected chi connectivity index (χ1v) is 5.88. The van der Waals surface area contributed by atoms with Crippen molar-refractivity contribution in [2.24, 2.45) is 5.73 Å². The second kappa shape index (κ2) is 6.34. The topological polar surface area (TPSA) is 29.3 Å². The normalized spacial score (nSPS) is 22.2. The summed E-state index contributed by atoms with van der Waals surface area (Å²) >= 11 is 0. The molecular weight excluding hydrogens is 239 g/mol. The van der Waals surface area contributed by atoms with Gasteiger partial charge in [-0.3, -0.25) is 0 Å². The number of hydrogen-bond donors (Lipinski definition) is 1. The fraction of sp³-hybridized carbons (Fsp3) is 0.538. The van der Waals surface area contributed by atoms with Crippen LogP contribution in [0.15, 0.2) is 24.3 Å². The molecule has 0 bridgehead atoms. The second-order valence-corrected chi connectivity index (χ2v) is 4.76. The van der Waals surface area contributed by atoms with Crippen molar-refractivity contribution in [1.82, 2.24) is 4.90 Å². The van der Waals surface area contributed by atoms with Crippen LogP contribution in [0, 0.1) is 5.82 Å². The molecular formula is C13H20ClFN2. The number of hydrogen-bond acceptors (Lipinski definition) is 2. The van der Waals surface area contributed by atoms with Crippen LogP contribution in [0.25, 0.3) is 0 Å². The third-order valence-corrected chi connectivity index (χ3v) is 3.28. The molecule has 1 aliphatic heterocycles. The zero-order chi connectivity index (χ0) is 11.5. The van der Waals surface area contributed by atoms with Gasteiger partial charge < -0.3 is 10.6 Å². The van der Waals surface area contributed by atoms with Gasteiger partial charge in [0.15, 0.2) is 0 Å². The summed E-state index contributed by atoms with van der Waals surface area (Å²) < 4.78 is 12.8. The molecule has 1 saturated heterocycles. The van der Waals surface area contributed by atoms with Gasteiger partial charge in [0.1, 0.15) is 5.82 Å². The highest BCUT2D eigenvalue weighted by Crippen LogP contribution is 2.19. The van der Waals surface area contributed by atoms with E-state index in [-0.39, 0.29) is 18.2 Å². The Hall–Kier alpha value is -0.640. The SMILES string of the molecule is CC(CN1CC[C@@H](N)C1)c1ccc(F)cc1.Cl. The first-order valence-electron chi connectivity index (χ1n) is 5.88. The van der Waals surface area contributed by atoms with E-state index in [1.165, 1.54) is 17.7 Å². The Morgan fingerprint density at radius 2 is 2.06 bits per heavy atom. The number of nitrogens with two attached hydrogens (primary N) is 1. The Kier molecular flexibility index (Phi) is 5.37. The van der Waals surface area contributed by atoms with Crippen LogP contribution in [0.4, 0.5) is 4.39 Å². The highest BCUT2D eigenvalue weighted by atomic mass is 35.5. The zero-order valence-corrected chi connectivity index (χ0v) is 10.9. The molecule has 17 heavy (non-hydrogen) atoms. The summed E-state index contributed by atoms with van der Waals surface area (Å²) in [4.78, 5) is 2.39. The van der Waals surface area contributed by atoms with Crippen molar-refractivity contribution in [3.05, 3.63) is 35.6 Å². The minimum Gasteiger partial charge on any atom is -0.326 e. The molecule has 2 rings (SSSR count). The number of rotatable bonds is 3. The Balaban J connectivity index is 0.00000144. The van der Waals surface area contributed by atoms with Gasteiger partial charge >= 0.3 is 0 Å². The Morgan fingerprint density at radius 1 is 1.41 bits per heavy atom. The molecule has 1 aliphatic rings. The summed E-state index contributed by atoms with van der Waals surface area (Å²) in [5, 5.41) is 0. The fourth-order valence-electron chi connectivity index (χ4n) is 2.31. The summed E-state index contributed by atoms with van der Waals surface area (Å²) in [6, 6.07) is 7.13. The lowest BCUT2D eigenvalue weighted by molar-refractivity contribution is 0.316. The van der Waals surface area contributed by atoms with Gasteiger partial charge in [-0.1, -0.05) is 19.1 Å². The Labute approximate surface area is 108 Å². The van der Waals surface area contributed by atoms with Crippen LogP contribution in [0.1, 0.15) is 24.8 Å². The third kappa shape index (κ3) is 3.95. The maximum atomic E-state index is 12.8. The third-order valence-electron chi connectivity index (χ3n) is 3.28. The molecule has 0 aliphatic carbocycles. The predicted octanol–water partition coefficient (Wildman–Crippen LogP) is 2.38. The van der Waals surface area contributed by atoms with Crippen LogP contribution in [-0.2, 0) is 0 Å². The first-order chi connectivity index (χ1) is 7.65. The zero-order valence-electron chi connectivity index (χ0n) is 10.1. The largest absolute Gasteiger partial charge is 0.326 e. The van der Waals surface area contributed by atoms with E-state index in [1.807, 2.05) is 12.1 Å². The molecule has 2 atom stereocenters. The fourth-order valence-corrected chi connectivity index (χ4v) is 2.31. The van der Waals surface area contributed by atoms with Crippen LogP contribution in [0.3, 0.4) is 0 Å². The summed E-state index contributed by atoms with van der Waals surface area (Å²) in [6.07, 6.45) is 1.09. The second-order valence-electron chi connectivity index (χ2n) is 4.76. The van der Waals surface area contributed by atoms with Gasteiger partial charge in [0.2, 0.25) is 0 Å². The lowest BCUT2D eigenvalue weighted by Crippen LogP contribution is -2.29. The molecule has 1 aromatic rings. The van der Waals surface area contributed by atoms with Gasteiger partial charge in [0.25, 0.3) is 0 Å². The van der Waals surface area contributed by atoms with Crippen LogP contribution >= 0.6 is 12.4 Å². The monoisotopic (exact) mass is 258 g/mol. The average Bonchev–Trinajstić information content (AvgIpc) is 2.65. The average molecular weight is 259 g/mol. The van der Waals surface area contributed by atoms with E-state index in [4.69, 9.17) is 5.73 Å². The Morgan fingerprint density at radius 3 is 2.59 bits per heavy atom. The van der Waals surface area contributed by atoms with E-state index in [1.54, 1.807) is 0 Å². The maximum absolute atomic E-state index is 12.8. The molecule has 2 N–H and O–H groups in total. The molecule has 0 aromatic heterocycles. The first kappa shape index (κ1) is 14.4. The van der Waals surface area contributed by atoms with Crippen molar-refractivity contribution in [2.45, 2.75) is 25.3 Å². The van der Waals surface area contributed by atoms with E-state index in [0.29, 0.717) is 12.0 Å². The van der Waals surface area contributed by atoms with Crippen LogP contribution < -0.4 is 5.73 Å². The van der Waals surface area contributed by atoms with Gasteiger partial charge in [-0.15, -0.1) is 12.4 Å². The molecule has 2 nitrogen and oxygen atoms in total. The standard InChI is InChI=1S/C13H19FN2.ClH/c1-10(8-16-7-6-13(15)9-16)11-2-4-12(14)5-3-11;/h2-5,10,13H,6-9,15H2,1H3;1H/t10?,13-;/m1./s1. The van der Waals surface area contributed by atoms with Crippen molar-refractivity contribution in [3.63, 3.8) is 0 Å². The van der Waals surface area contributed by atoms with Crippen molar-refractivity contribution in [2.75, 3.05) is 19.6 Å². The van der Waals surface area contributed by atoms with E-state index < -0.39 is 0 Å². The van der Waals surface area contributed by atoms with Crippen LogP contribution in [-0.4, -0.2) is 30.6 Å². The minimum absolute atomic E-state index is 0. The molecule has 0 saturated carbocycles. The van der Waals surface area contributed by atoms with Gasteiger partial charge in [0, 0.05) is 19.1 Å². The van der Waals surface area contributed by atoms with Crippen molar-refractivity contribution in [3.8, 4) is 0 Å².